The Balaban J connectivity index is 1.75. The van der Waals surface area contributed by atoms with Crippen LogP contribution < -0.4 is 0 Å². The molecule has 0 atom stereocenters. The summed E-state index contributed by atoms with van der Waals surface area (Å²) in [5.74, 6) is 4.52. The van der Waals surface area contributed by atoms with Gasteiger partial charge in [-0.25, -0.2) is 0 Å². The first-order valence-electron chi connectivity index (χ1n) is 5.71. The topological polar surface area (TPSA) is 12.5 Å². The van der Waals surface area contributed by atoms with E-state index in [4.69, 9.17) is 4.74 Å². The Morgan fingerprint density at radius 1 is 1.00 bits per heavy atom. The van der Waals surface area contributed by atoms with E-state index in [1.54, 1.807) is 0 Å². The quantitative estimate of drug-likeness (QED) is 0.598. The van der Waals surface area contributed by atoms with Crippen LogP contribution in [0.15, 0.2) is 12.0 Å². The zero-order valence-electron chi connectivity index (χ0n) is 7.96. The minimum Gasteiger partial charge on any atom is -0.462 e. The van der Waals surface area contributed by atoms with Crippen LogP contribution in [0, 0.1) is 23.2 Å². The molecule has 1 heteroatoms. The van der Waals surface area contributed by atoms with Crippen LogP contribution in [0.1, 0.15) is 38.5 Å². The molecular formula is C12H16O. The van der Waals surface area contributed by atoms with Crippen LogP contribution in [0.25, 0.3) is 0 Å². The van der Waals surface area contributed by atoms with Crippen molar-refractivity contribution in [2.75, 3.05) is 0 Å². The summed E-state index contributed by atoms with van der Waals surface area (Å²) in [6.07, 6.45) is 11.0. The Hall–Kier alpha value is -0.460. The Bertz CT molecular complexity index is 254. The molecule has 4 aliphatic carbocycles. The minimum atomic E-state index is 0.550. The van der Waals surface area contributed by atoms with Crippen LogP contribution >= 0.6 is 0 Å². The van der Waals surface area contributed by atoms with Gasteiger partial charge in [0, 0.05) is 5.41 Å². The van der Waals surface area contributed by atoms with Gasteiger partial charge in [-0.2, -0.15) is 0 Å². The summed E-state index contributed by atoms with van der Waals surface area (Å²) in [7, 11) is 0. The van der Waals surface area contributed by atoms with Crippen molar-refractivity contribution in [2.24, 2.45) is 23.2 Å². The molecular weight excluding hydrogens is 160 g/mol. The van der Waals surface area contributed by atoms with Gasteiger partial charge >= 0.3 is 0 Å². The summed E-state index contributed by atoms with van der Waals surface area (Å²) in [4.78, 5) is 0. The van der Waals surface area contributed by atoms with E-state index in [9.17, 15) is 0 Å². The van der Waals surface area contributed by atoms with Gasteiger partial charge in [0.05, 0.1) is 0 Å². The SMILES string of the molecule is C1=C(C23CC4CC(CC(C4)C2)C3)O1. The fourth-order valence-corrected chi connectivity index (χ4v) is 4.69. The number of hydrogen-bond acceptors (Lipinski definition) is 1. The van der Waals surface area contributed by atoms with E-state index >= 15 is 0 Å². The van der Waals surface area contributed by atoms with Crippen molar-refractivity contribution < 1.29 is 4.74 Å². The molecule has 0 amide bonds. The van der Waals surface area contributed by atoms with E-state index in [2.05, 4.69) is 0 Å². The lowest BCUT2D eigenvalue weighted by atomic mass is 9.49. The second-order valence-corrected chi connectivity index (χ2v) is 5.80. The summed E-state index contributed by atoms with van der Waals surface area (Å²) < 4.78 is 5.38. The summed E-state index contributed by atoms with van der Waals surface area (Å²) in [5.41, 5.74) is 0.550. The van der Waals surface area contributed by atoms with E-state index in [0.29, 0.717) is 5.41 Å². The second kappa shape index (κ2) is 1.97. The Morgan fingerprint density at radius 3 is 1.85 bits per heavy atom. The normalized spacial score (nSPS) is 56.0. The van der Waals surface area contributed by atoms with Gasteiger partial charge < -0.3 is 4.74 Å². The zero-order valence-corrected chi connectivity index (χ0v) is 7.96. The average Bonchev–Trinajstić information content (AvgIpc) is 2.81. The van der Waals surface area contributed by atoms with Crippen molar-refractivity contribution in [3.63, 3.8) is 0 Å². The molecule has 1 aliphatic heterocycles. The molecule has 0 aromatic carbocycles. The van der Waals surface area contributed by atoms with E-state index in [0.717, 1.165) is 17.8 Å². The molecule has 5 aliphatic rings. The van der Waals surface area contributed by atoms with Gasteiger partial charge in [-0.05, 0) is 56.3 Å². The lowest BCUT2D eigenvalue weighted by Gasteiger charge is -2.55. The number of hydrogen-bond donors (Lipinski definition) is 0. The summed E-state index contributed by atoms with van der Waals surface area (Å²) in [6, 6.07) is 0. The van der Waals surface area contributed by atoms with Crippen LogP contribution in [-0.4, -0.2) is 0 Å². The van der Waals surface area contributed by atoms with Crippen molar-refractivity contribution in [3.8, 4) is 0 Å². The molecule has 5 rings (SSSR count). The summed E-state index contributed by atoms with van der Waals surface area (Å²) >= 11 is 0. The van der Waals surface area contributed by atoms with Gasteiger partial charge in [0.2, 0.25) is 0 Å². The van der Waals surface area contributed by atoms with E-state index < -0.39 is 0 Å². The van der Waals surface area contributed by atoms with E-state index in [-0.39, 0.29) is 0 Å². The first kappa shape index (κ1) is 6.92. The van der Waals surface area contributed by atoms with Crippen molar-refractivity contribution >= 4 is 0 Å². The summed E-state index contributed by atoms with van der Waals surface area (Å²) in [5, 5.41) is 0. The van der Waals surface area contributed by atoms with Gasteiger partial charge in [-0.15, -0.1) is 0 Å². The second-order valence-electron chi connectivity index (χ2n) is 5.80. The predicted octanol–water partition coefficient (Wildman–Crippen LogP) is 3.07. The first-order valence-corrected chi connectivity index (χ1v) is 5.71. The van der Waals surface area contributed by atoms with Gasteiger partial charge in [0.15, 0.2) is 0 Å². The number of ether oxygens (including phenoxy) is 1. The Labute approximate surface area is 79.2 Å². The third-order valence-electron chi connectivity index (χ3n) is 4.80. The predicted molar refractivity (Wildman–Crippen MR) is 49.8 cm³/mol. The van der Waals surface area contributed by atoms with Crippen LogP contribution in [0.2, 0.25) is 0 Å². The molecule has 0 saturated heterocycles. The van der Waals surface area contributed by atoms with Crippen molar-refractivity contribution in [1.29, 1.82) is 0 Å². The standard InChI is InChI=1S/C12H16O/c1-8-2-10-3-9(1)5-12(4-8,6-10)11-7-13-11/h7-10H,1-6H2. The average molecular weight is 176 g/mol. The minimum absolute atomic E-state index is 0.550. The molecule has 1 nitrogen and oxygen atoms in total. The molecule has 0 unspecified atom stereocenters. The van der Waals surface area contributed by atoms with Crippen LogP contribution in [-0.2, 0) is 4.74 Å². The van der Waals surface area contributed by atoms with Crippen LogP contribution in [0.4, 0.5) is 0 Å². The Morgan fingerprint density at radius 2 is 1.46 bits per heavy atom. The van der Waals surface area contributed by atoms with Gasteiger partial charge in [-0.3, -0.25) is 0 Å². The monoisotopic (exact) mass is 176 g/mol. The fourth-order valence-electron chi connectivity index (χ4n) is 4.69. The van der Waals surface area contributed by atoms with Gasteiger partial charge in [0.25, 0.3) is 0 Å². The van der Waals surface area contributed by atoms with E-state index in [1.807, 2.05) is 6.26 Å². The third kappa shape index (κ3) is 0.832. The highest BCUT2D eigenvalue weighted by atomic mass is 16.5. The largest absolute Gasteiger partial charge is 0.462 e. The van der Waals surface area contributed by atoms with Gasteiger partial charge in [-0.1, -0.05) is 0 Å². The lowest BCUT2D eigenvalue weighted by molar-refractivity contribution is -0.0383. The van der Waals surface area contributed by atoms with Crippen LogP contribution in [0.5, 0.6) is 0 Å². The maximum atomic E-state index is 5.38. The Kier molecular flexibility index (Phi) is 1.05. The molecule has 13 heavy (non-hydrogen) atoms. The highest BCUT2D eigenvalue weighted by Crippen LogP contribution is 2.64. The molecule has 0 aromatic rings. The maximum Gasteiger partial charge on any atom is 0.144 e. The highest BCUT2D eigenvalue weighted by Gasteiger charge is 2.55. The van der Waals surface area contributed by atoms with Crippen molar-refractivity contribution in [3.05, 3.63) is 12.0 Å². The van der Waals surface area contributed by atoms with Crippen LogP contribution in [0.3, 0.4) is 0 Å². The van der Waals surface area contributed by atoms with Gasteiger partial charge in [0.1, 0.15) is 12.0 Å². The molecule has 4 bridgehead atoms. The zero-order chi connectivity index (χ0) is 8.47. The number of rotatable bonds is 1. The lowest BCUT2D eigenvalue weighted by Crippen LogP contribution is -2.45. The highest BCUT2D eigenvalue weighted by molar-refractivity contribution is 5.21. The molecule has 0 radical (unpaired) electrons. The smallest absolute Gasteiger partial charge is 0.144 e. The molecule has 4 fully saturated rings. The third-order valence-corrected chi connectivity index (χ3v) is 4.80. The van der Waals surface area contributed by atoms with Crippen molar-refractivity contribution in [2.45, 2.75) is 38.5 Å². The molecule has 4 saturated carbocycles. The first-order chi connectivity index (χ1) is 6.34. The van der Waals surface area contributed by atoms with E-state index in [1.165, 1.54) is 44.3 Å². The summed E-state index contributed by atoms with van der Waals surface area (Å²) in [6.45, 7) is 0. The molecule has 0 aromatic heterocycles. The molecule has 1 heterocycles. The molecule has 0 spiro atoms. The maximum absolute atomic E-state index is 5.38. The molecule has 0 N–H and O–H groups in total. The van der Waals surface area contributed by atoms with Crippen molar-refractivity contribution in [1.82, 2.24) is 0 Å². The molecule has 70 valence electrons. The fraction of sp³-hybridized carbons (Fsp3) is 0.833. The number of allylic oxidation sites excluding steroid dienone is 1.